The lowest BCUT2D eigenvalue weighted by Gasteiger charge is -2.47. The molecule has 1 atom stereocenters. The summed E-state index contributed by atoms with van der Waals surface area (Å²) in [5.74, 6) is 2.49. The molecular formula is C30H43Cl2N3O2. The molecule has 1 amide bonds. The molecule has 37 heavy (non-hydrogen) atoms. The molecule has 204 valence electrons. The number of piperidine rings is 1. The molecule has 0 radical (unpaired) electrons. The molecule has 1 unspecified atom stereocenters. The zero-order valence-corrected chi connectivity index (χ0v) is 23.7. The highest BCUT2D eigenvalue weighted by Gasteiger charge is 2.35. The van der Waals surface area contributed by atoms with Crippen LogP contribution in [0, 0.1) is 5.92 Å². The van der Waals surface area contributed by atoms with Crippen LogP contribution in [-0.4, -0.2) is 65.4 Å². The average Bonchev–Trinajstić information content (AvgIpc) is 2.91. The first-order valence-electron chi connectivity index (χ1n) is 13.7. The van der Waals surface area contributed by atoms with Crippen molar-refractivity contribution in [1.82, 2.24) is 14.7 Å². The lowest BCUT2D eigenvalue weighted by Crippen LogP contribution is -2.59. The number of amides is 1. The van der Waals surface area contributed by atoms with Gasteiger partial charge in [-0.15, -0.1) is 24.8 Å². The minimum atomic E-state index is 0. The van der Waals surface area contributed by atoms with Gasteiger partial charge in [-0.1, -0.05) is 49.6 Å². The van der Waals surface area contributed by atoms with Gasteiger partial charge in [0.1, 0.15) is 11.5 Å². The summed E-state index contributed by atoms with van der Waals surface area (Å²) < 4.78 is 5.93. The van der Waals surface area contributed by atoms with Gasteiger partial charge in [0.25, 0.3) is 0 Å². The topological polar surface area (TPSA) is 36.0 Å². The number of nitrogens with zero attached hydrogens (tertiary/aromatic N) is 3. The summed E-state index contributed by atoms with van der Waals surface area (Å²) >= 11 is 0. The normalized spacial score (nSPS) is 22.1. The Kier molecular flexibility index (Phi) is 11.6. The van der Waals surface area contributed by atoms with Gasteiger partial charge in [-0.25, -0.2) is 0 Å². The quantitative estimate of drug-likeness (QED) is 0.419. The van der Waals surface area contributed by atoms with Crippen molar-refractivity contribution in [3.8, 4) is 11.5 Å². The van der Waals surface area contributed by atoms with Crippen LogP contribution in [-0.2, 0) is 11.3 Å². The fourth-order valence-corrected chi connectivity index (χ4v) is 6.28. The first-order chi connectivity index (χ1) is 17.2. The van der Waals surface area contributed by atoms with Gasteiger partial charge in [-0.05, 0) is 75.5 Å². The minimum Gasteiger partial charge on any atom is -0.457 e. The number of halogens is 2. The number of likely N-dealkylation sites (tertiary alicyclic amines) is 1. The van der Waals surface area contributed by atoms with E-state index in [-0.39, 0.29) is 24.8 Å². The fraction of sp³-hybridized carbons (Fsp3) is 0.567. The second-order valence-electron chi connectivity index (χ2n) is 10.8. The van der Waals surface area contributed by atoms with Crippen LogP contribution in [0.1, 0.15) is 57.4 Å². The standard InChI is InChI=1S/C30H41N3O2.2ClH/c1-24-22-32(30(34)26-8-4-2-5-9-26)20-21-33(24)27-16-18-31(19-17-27)23-25-12-14-29(15-13-25)35-28-10-6-3-7-11-28;;/h3,6-7,10-15,24,26-27H,2,4-5,8-9,16-23H2,1H3;2*1H. The Bertz CT molecular complexity index is 945. The van der Waals surface area contributed by atoms with E-state index in [1.54, 1.807) is 0 Å². The van der Waals surface area contributed by atoms with Crippen molar-refractivity contribution < 1.29 is 9.53 Å². The Morgan fingerprint density at radius 2 is 1.46 bits per heavy atom. The number of piperazine rings is 1. The van der Waals surface area contributed by atoms with E-state index < -0.39 is 0 Å². The molecule has 1 saturated carbocycles. The van der Waals surface area contributed by atoms with Crippen molar-refractivity contribution >= 4 is 30.7 Å². The van der Waals surface area contributed by atoms with E-state index in [1.165, 1.54) is 37.7 Å². The Hall–Kier alpha value is -1.79. The van der Waals surface area contributed by atoms with Gasteiger partial charge < -0.3 is 9.64 Å². The highest BCUT2D eigenvalue weighted by Crippen LogP contribution is 2.28. The van der Waals surface area contributed by atoms with Gasteiger partial charge in [-0.3, -0.25) is 14.6 Å². The zero-order valence-electron chi connectivity index (χ0n) is 22.1. The van der Waals surface area contributed by atoms with Crippen molar-refractivity contribution in [2.45, 2.75) is 70.5 Å². The molecule has 0 N–H and O–H groups in total. The first-order valence-corrected chi connectivity index (χ1v) is 13.7. The molecule has 0 aromatic heterocycles. The van der Waals surface area contributed by atoms with Crippen LogP contribution in [0.4, 0.5) is 0 Å². The number of hydrogen-bond donors (Lipinski definition) is 0. The highest BCUT2D eigenvalue weighted by atomic mass is 35.5. The third kappa shape index (κ3) is 7.86. The number of benzene rings is 2. The van der Waals surface area contributed by atoms with E-state index in [2.05, 4.69) is 45.9 Å². The molecule has 0 spiro atoms. The lowest BCUT2D eigenvalue weighted by molar-refractivity contribution is -0.140. The number of rotatable bonds is 6. The molecule has 5 rings (SSSR count). The molecule has 2 aromatic rings. The van der Waals surface area contributed by atoms with Crippen molar-refractivity contribution in [3.05, 3.63) is 60.2 Å². The number of ether oxygens (including phenoxy) is 1. The van der Waals surface area contributed by atoms with Crippen molar-refractivity contribution in [3.63, 3.8) is 0 Å². The predicted octanol–water partition coefficient (Wildman–Crippen LogP) is 6.40. The maximum Gasteiger partial charge on any atom is 0.225 e. The van der Waals surface area contributed by atoms with Crippen LogP contribution < -0.4 is 4.74 Å². The Balaban J connectivity index is 0.00000190. The van der Waals surface area contributed by atoms with Crippen molar-refractivity contribution in [2.24, 2.45) is 5.92 Å². The minimum absolute atomic E-state index is 0. The monoisotopic (exact) mass is 547 g/mol. The number of hydrogen-bond acceptors (Lipinski definition) is 4. The summed E-state index contributed by atoms with van der Waals surface area (Å²) in [7, 11) is 0. The number of carbonyl (C=O) groups excluding carboxylic acids is 1. The molecule has 7 heteroatoms. The predicted molar refractivity (Wildman–Crippen MR) is 155 cm³/mol. The number of para-hydroxylation sites is 1. The summed E-state index contributed by atoms with van der Waals surface area (Å²) in [4.78, 5) is 20.5. The van der Waals surface area contributed by atoms with Crippen LogP contribution >= 0.6 is 24.8 Å². The molecule has 2 aliphatic heterocycles. The molecule has 2 heterocycles. The van der Waals surface area contributed by atoms with Gasteiger partial charge >= 0.3 is 0 Å². The first kappa shape index (κ1) is 29.8. The maximum atomic E-state index is 13.0. The van der Waals surface area contributed by atoms with E-state index in [0.29, 0.717) is 23.9 Å². The van der Waals surface area contributed by atoms with E-state index in [0.717, 1.165) is 63.6 Å². The SMILES string of the molecule is CC1CN(C(=O)C2CCCCC2)CCN1C1CCN(Cc2ccc(Oc3ccccc3)cc2)CC1.Cl.Cl. The van der Waals surface area contributed by atoms with Crippen LogP contribution in [0.3, 0.4) is 0 Å². The van der Waals surface area contributed by atoms with Gasteiger partial charge in [-0.2, -0.15) is 0 Å². The van der Waals surface area contributed by atoms with Gasteiger partial charge in [0.05, 0.1) is 0 Å². The average molecular weight is 549 g/mol. The van der Waals surface area contributed by atoms with E-state index >= 15 is 0 Å². The van der Waals surface area contributed by atoms with Gasteiger partial charge in [0.15, 0.2) is 0 Å². The highest BCUT2D eigenvalue weighted by molar-refractivity contribution is 5.85. The Morgan fingerprint density at radius 3 is 2.11 bits per heavy atom. The molecular weight excluding hydrogens is 505 g/mol. The zero-order chi connectivity index (χ0) is 24.0. The summed E-state index contributed by atoms with van der Waals surface area (Å²) in [6.45, 7) is 8.46. The third-order valence-corrected chi connectivity index (χ3v) is 8.28. The van der Waals surface area contributed by atoms with Crippen molar-refractivity contribution in [2.75, 3.05) is 32.7 Å². The van der Waals surface area contributed by atoms with Crippen LogP contribution in [0.2, 0.25) is 0 Å². The summed E-state index contributed by atoms with van der Waals surface area (Å²) in [5, 5.41) is 0. The van der Waals surface area contributed by atoms with Crippen LogP contribution in [0.25, 0.3) is 0 Å². The van der Waals surface area contributed by atoms with Gasteiger partial charge in [0.2, 0.25) is 5.91 Å². The Labute approximate surface area is 235 Å². The third-order valence-electron chi connectivity index (χ3n) is 8.28. The smallest absolute Gasteiger partial charge is 0.225 e. The lowest BCUT2D eigenvalue weighted by atomic mass is 9.88. The maximum absolute atomic E-state index is 13.0. The second kappa shape index (κ2) is 14.4. The van der Waals surface area contributed by atoms with E-state index in [9.17, 15) is 4.79 Å². The second-order valence-corrected chi connectivity index (χ2v) is 10.8. The molecule has 2 aromatic carbocycles. The summed E-state index contributed by atoms with van der Waals surface area (Å²) in [6, 6.07) is 19.6. The molecule has 2 saturated heterocycles. The van der Waals surface area contributed by atoms with Crippen LogP contribution in [0.5, 0.6) is 11.5 Å². The molecule has 3 aliphatic rings. The molecule has 0 bridgehead atoms. The summed E-state index contributed by atoms with van der Waals surface area (Å²) in [6.07, 6.45) is 8.42. The van der Waals surface area contributed by atoms with Crippen LogP contribution in [0.15, 0.2) is 54.6 Å². The van der Waals surface area contributed by atoms with E-state index in [4.69, 9.17) is 4.74 Å². The number of carbonyl (C=O) groups is 1. The largest absolute Gasteiger partial charge is 0.457 e. The van der Waals surface area contributed by atoms with E-state index in [1.807, 2.05) is 30.3 Å². The molecule has 5 nitrogen and oxygen atoms in total. The molecule has 3 fully saturated rings. The summed E-state index contributed by atoms with van der Waals surface area (Å²) in [5.41, 5.74) is 1.34. The fourth-order valence-electron chi connectivity index (χ4n) is 6.28. The van der Waals surface area contributed by atoms with Gasteiger partial charge in [0, 0.05) is 44.2 Å². The Morgan fingerprint density at radius 1 is 0.811 bits per heavy atom. The molecule has 1 aliphatic carbocycles. The van der Waals surface area contributed by atoms with Crippen molar-refractivity contribution in [1.29, 1.82) is 0 Å².